The Bertz CT molecular complexity index is 728. The molecular weight excluding hydrogens is 337 g/mol. The number of halogens is 1. The Labute approximate surface area is 140 Å². The Morgan fingerprint density at radius 3 is 2.50 bits per heavy atom. The fourth-order valence-corrected chi connectivity index (χ4v) is 4.65. The van der Waals surface area contributed by atoms with Crippen LogP contribution in [0.15, 0.2) is 23.1 Å². The first-order chi connectivity index (χ1) is 11.4. The molecule has 9 heteroatoms. The van der Waals surface area contributed by atoms with Gasteiger partial charge >= 0.3 is 0 Å². The third-order valence-electron chi connectivity index (χ3n) is 4.59. The van der Waals surface area contributed by atoms with Crippen LogP contribution in [0.1, 0.15) is 25.7 Å². The van der Waals surface area contributed by atoms with Gasteiger partial charge in [-0.15, -0.1) is 0 Å². The van der Waals surface area contributed by atoms with Crippen LogP contribution in [0.4, 0.5) is 10.1 Å². The minimum atomic E-state index is -4.22. The lowest BCUT2D eigenvalue weighted by molar-refractivity contribution is -0.388. The van der Waals surface area contributed by atoms with Gasteiger partial charge in [0.1, 0.15) is 5.82 Å². The summed E-state index contributed by atoms with van der Waals surface area (Å²) in [4.78, 5) is 9.36. The van der Waals surface area contributed by atoms with Gasteiger partial charge in [0.2, 0.25) is 0 Å². The average molecular weight is 357 g/mol. The average Bonchev–Trinajstić information content (AvgIpc) is 3.37. The molecule has 1 aliphatic heterocycles. The van der Waals surface area contributed by atoms with E-state index in [0.717, 1.165) is 35.0 Å². The van der Waals surface area contributed by atoms with Crippen molar-refractivity contribution in [2.75, 3.05) is 19.6 Å². The van der Waals surface area contributed by atoms with Gasteiger partial charge in [-0.25, -0.2) is 12.8 Å². The van der Waals surface area contributed by atoms with Crippen LogP contribution in [0.3, 0.4) is 0 Å². The number of nitrogens with zero attached hydrogens (tertiary/aromatic N) is 2. The smallest absolute Gasteiger partial charge is 0.292 e. The molecule has 3 rings (SSSR count). The first kappa shape index (κ1) is 17.2. The molecule has 1 aliphatic carbocycles. The van der Waals surface area contributed by atoms with Crippen LogP contribution >= 0.6 is 0 Å². The van der Waals surface area contributed by atoms with Crippen molar-refractivity contribution in [1.29, 1.82) is 0 Å². The summed E-state index contributed by atoms with van der Waals surface area (Å²) in [7, 11) is -4.22. The number of hydrogen-bond acceptors (Lipinski definition) is 5. The van der Waals surface area contributed by atoms with Crippen molar-refractivity contribution in [3.63, 3.8) is 0 Å². The van der Waals surface area contributed by atoms with E-state index in [4.69, 9.17) is 0 Å². The van der Waals surface area contributed by atoms with Gasteiger partial charge in [0.15, 0.2) is 4.90 Å². The Kier molecular flexibility index (Phi) is 4.84. The topological polar surface area (TPSA) is 92.5 Å². The van der Waals surface area contributed by atoms with Crippen molar-refractivity contribution in [2.24, 2.45) is 5.92 Å². The fraction of sp³-hybridized carbons (Fsp3) is 0.600. The number of rotatable bonds is 6. The van der Waals surface area contributed by atoms with E-state index in [1.807, 2.05) is 0 Å². The second kappa shape index (κ2) is 6.73. The number of hydrogen-bond donors (Lipinski definition) is 1. The molecule has 1 aromatic carbocycles. The van der Waals surface area contributed by atoms with Crippen LogP contribution in [0.5, 0.6) is 0 Å². The minimum absolute atomic E-state index is 0.232. The molecule has 0 amide bonds. The van der Waals surface area contributed by atoms with Gasteiger partial charge in [0, 0.05) is 25.2 Å². The highest BCUT2D eigenvalue weighted by Gasteiger charge is 2.37. The molecule has 24 heavy (non-hydrogen) atoms. The first-order valence-electron chi connectivity index (χ1n) is 8.06. The Morgan fingerprint density at radius 2 is 1.92 bits per heavy atom. The molecule has 1 saturated carbocycles. The van der Waals surface area contributed by atoms with Crippen molar-refractivity contribution < 1.29 is 17.7 Å². The number of nitro benzene ring substituents is 1. The summed E-state index contributed by atoms with van der Waals surface area (Å²) >= 11 is 0. The van der Waals surface area contributed by atoms with Crippen LogP contribution < -0.4 is 5.32 Å². The number of sulfonamides is 1. The van der Waals surface area contributed by atoms with E-state index in [9.17, 15) is 22.9 Å². The van der Waals surface area contributed by atoms with Gasteiger partial charge in [0.05, 0.1) is 4.92 Å². The van der Waals surface area contributed by atoms with Gasteiger partial charge in [0.25, 0.3) is 15.7 Å². The Morgan fingerprint density at radius 1 is 1.25 bits per heavy atom. The molecule has 2 aliphatic rings. The van der Waals surface area contributed by atoms with Gasteiger partial charge in [-0.2, -0.15) is 4.31 Å². The van der Waals surface area contributed by atoms with E-state index >= 15 is 0 Å². The largest absolute Gasteiger partial charge is 0.314 e. The van der Waals surface area contributed by atoms with Crippen molar-refractivity contribution in [2.45, 2.75) is 36.6 Å². The summed E-state index contributed by atoms with van der Waals surface area (Å²) in [6, 6.07) is 3.33. The monoisotopic (exact) mass is 357 g/mol. The molecule has 0 radical (unpaired) electrons. The maximum absolute atomic E-state index is 14.0. The van der Waals surface area contributed by atoms with Gasteiger partial charge in [-0.05, 0) is 44.2 Å². The summed E-state index contributed by atoms with van der Waals surface area (Å²) in [5.74, 6) is -0.342. The summed E-state index contributed by atoms with van der Waals surface area (Å²) in [6.45, 7) is 1.42. The number of nitro groups is 1. The molecule has 132 valence electrons. The fourth-order valence-electron chi connectivity index (χ4n) is 2.98. The van der Waals surface area contributed by atoms with E-state index in [1.54, 1.807) is 0 Å². The number of benzene rings is 1. The SMILES string of the molecule is O=[N+]([O-])c1cccc(F)c1S(=O)(=O)N1CCC(NCC2CC2)CC1. The van der Waals surface area contributed by atoms with Crippen LogP contribution in [0.2, 0.25) is 0 Å². The maximum Gasteiger partial charge on any atom is 0.292 e. The Balaban J connectivity index is 1.73. The molecular formula is C15H20FN3O4S. The highest BCUT2D eigenvalue weighted by molar-refractivity contribution is 7.89. The zero-order chi connectivity index (χ0) is 17.3. The zero-order valence-corrected chi connectivity index (χ0v) is 14.0. The lowest BCUT2D eigenvalue weighted by atomic mass is 10.1. The van der Waals surface area contributed by atoms with Crippen molar-refractivity contribution in [3.05, 3.63) is 34.1 Å². The third-order valence-corrected chi connectivity index (χ3v) is 6.55. The summed E-state index contributed by atoms with van der Waals surface area (Å²) in [5, 5.41) is 14.5. The van der Waals surface area contributed by atoms with Crippen molar-refractivity contribution in [3.8, 4) is 0 Å². The molecule has 1 N–H and O–H groups in total. The highest BCUT2D eigenvalue weighted by atomic mass is 32.2. The highest BCUT2D eigenvalue weighted by Crippen LogP contribution is 2.31. The predicted octanol–water partition coefficient (Wildman–Crippen LogP) is 1.89. The number of nitrogens with one attached hydrogen (secondary N) is 1. The van der Waals surface area contributed by atoms with Crippen LogP contribution in [-0.2, 0) is 10.0 Å². The number of piperidine rings is 1. The zero-order valence-electron chi connectivity index (χ0n) is 13.2. The molecule has 0 aromatic heterocycles. The molecule has 1 aromatic rings. The molecule has 2 fully saturated rings. The molecule has 0 spiro atoms. The maximum atomic E-state index is 14.0. The van der Waals surface area contributed by atoms with Crippen LogP contribution in [0.25, 0.3) is 0 Å². The molecule has 1 heterocycles. The van der Waals surface area contributed by atoms with Crippen LogP contribution in [0, 0.1) is 21.8 Å². The van der Waals surface area contributed by atoms with E-state index < -0.39 is 31.3 Å². The summed E-state index contributed by atoms with van der Waals surface area (Å²) in [6.07, 6.45) is 3.73. The molecule has 0 atom stereocenters. The van der Waals surface area contributed by atoms with Gasteiger partial charge in [-0.3, -0.25) is 10.1 Å². The lowest BCUT2D eigenvalue weighted by Crippen LogP contribution is -2.45. The van der Waals surface area contributed by atoms with E-state index in [2.05, 4.69) is 5.32 Å². The van der Waals surface area contributed by atoms with Crippen molar-refractivity contribution in [1.82, 2.24) is 9.62 Å². The minimum Gasteiger partial charge on any atom is -0.314 e. The quantitative estimate of drug-likeness (QED) is 0.620. The second-order valence-electron chi connectivity index (χ2n) is 6.38. The third kappa shape index (κ3) is 3.57. The molecule has 0 bridgehead atoms. The van der Waals surface area contributed by atoms with Crippen LogP contribution in [-0.4, -0.2) is 43.3 Å². The summed E-state index contributed by atoms with van der Waals surface area (Å²) in [5.41, 5.74) is -0.719. The normalized spacial score (nSPS) is 20.2. The van der Waals surface area contributed by atoms with Crippen molar-refractivity contribution >= 4 is 15.7 Å². The predicted molar refractivity (Wildman–Crippen MR) is 85.6 cm³/mol. The van der Waals surface area contributed by atoms with Gasteiger partial charge < -0.3 is 5.32 Å². The van der Waals surface area contributed by atoms with E-state index in [1.165, 1.54) is 12.8 Å². The standard InChI is InChI=1S/C15H20FN3O4S/c16-13-2-1-3-14(19(20)21)15(13)24(22,23)18-8-6-12(7-9-18)17-10-11-4-5-11/h1-3,11-12,17H,4-10H2. The van der Waals surface area contributed by atoms with E-state index in [0.29, 0.717) is 12.8 Å². The summed E-state index contributed by atoms with van der Waals surface area (Å²) < 4.78 is 40.5. The first-order valence-corrected chi connectivity index (χ1v) is 9.50. The van der Waals surface area contributed by atoms with Gasteiger partial charge in [-0.1, -0.05) is 6.07 Å². The molecule has 7 nitrogen and oxygen atoms in total. The van der Waals surface area contributed by atoms with E-state index in [-0.39, 0.29) is 19.1 Å². The molecule has 0 unspecified atom stereocenters. The molecule has 1 saturated heterocycles. The second-order valence-corrected chi connectivity index (χ2v) is 8.25. The lowest BCUT2D eigenvalue weighted by Gasteiger charge is -2.31. The Hall–Kier alpha value is -1.58.